The van der Waals surface area contributed by atoms with Crippen molar-refractivity contribution in [3.8, 4) is 0 Å². The number of nitrogens with two attached hydrogens (primary N) is 1. The van der Waals surface area contributed by atoms with E-state index in [1.165, 1.54) is 24.3 Å². The van der Waals surface area contributed by atoms with E-state index in [2.05, 4.69) is 5.32 Å². The van der Waals surface area contributed by atoms with Gasteiger partial charge in [0.15, 0.2) is 5.78 Å². The van der Waals surface area contributed by atoms with E-state index in [4.69, 9.17) is 10.8 Å². The monoisotopic (exact) mass is 330 g/mol. The quantitative estimate of drug-likeness (QED) is 0.536. The lowest BCUT2D eigenvalue weighted by Crippen LogP contribution is -2.35. The van der Waals surface area contributed by atoms with Crippen LogP contribution in [-0.2, 0) is 11.3 Å². The van der Waals surface area contributed by atoms with Gasteiger partial charge in [-0.3, -0.25) is 9.59 Å². The molecule has 0 amide bonds. The fourth-order valence-electron chi connectivity index (χ4n) is 2.31. The highest BCUT2D eigenvalue weighted by atomic mass is 19.1. The molecule has 0 aliphatic rings. The largest absolute Gasteiger partial charge is 0.480 e. The van der Waals surface area contributed by atoms with Crippen molar-refractivity contribution in [1.29, 1.82) is 0 Å². The van der Waals surface area contributed by atoms with Crippen molar-refractivity contribution in [2.75, 3.05) is 5.73 Å². The highest BCUT2D eigenvalue weighted by Gasteiger charge is 2.16. The molecule has 0 spiro atoms. The van der Waals surface area contributed by atoms with Gasteiger partial charge in [0.1, 0.15) is 11.9 Å². The van der Waals surface area contributed by atoms with Crippen LogP contribution in [0.4, 0.5) is 10.1 Å². The number of carboxylic acids is 1. The summed E-state index contributed by atoms with van der Waals surface area (Å²) in [6.07, 6.45) is 0.434. The lowest BCUT2D eigenvalue weighted by atomic mass is 10.00. The number of nitrogen functional groups attached to an aromatic ring is 1. The van der Waals surface area contributed by atoms with E-state index in [9.17, 15) is 14.0 Å². The number of carbonyl (C=O) groups excluding carboxylic acids is 1. The summed E-state index contributed by atoms with van der Waals surface area (Å²) in [4.78, 5) is 23.5. The topological polar surface area (TPSA) is 92.4 Å². The number of ketones is 1. The molecule has 2 aromatic carbocycles. The lowest BCUT2D eigenvalue weighted by molar-refractivity contribution is -0.139. The highest BCUT2D eigenvalue weighted by molar-refractivity contribution is 6.09. The predicted octanol–water partition coefficient (Wildman–Crippen LogP) is 2.59. The van der Waals surface area contributed by atoms with Crippen LogP contribution in [0.25, 0.3) is 0 Å². The number of anilines is 1. The van der Waals surface area contributed by atoms with Gasteiger partial charge in [0.2, 0.25) is 0 Å². The Balaban J connectivity index is 2.20. The second-order valence-corrected chi connectivity index (χ2v) is 5.43. The lowest BCUT2D eigenvalue weighted by Gasteiger charge is -2.14. The molecule has 0 bridgehead atoms. The summed E-state index contributed by atoms with van der Waals surface area (Å²) in [7, 11) is 0. The minimum absolute atomic E-state index is 0.237. The predicted molar refractivity (Wildman–Crippen MR) is 89.2 cm³/mol. The zero-order valence-corrected chi connectivity index (χ0v) is 13.3. The molecule has 0 heterocycles. The molecule has 24 heavy (non-hydrogen) atoms. The molecule has 1 atom stereocenters. The third kappa shape index (κ3) is 4.17. The Morgan fingerprint density at radius 1 is 1.17 bits per heavy atom. The number of nitrogens with one attached hydrogen (secondary N) is 1. The van der Waals surface area contributed by atoms with Gasteiger partial charge in [-0.05, 0) is 54.4 Å². The molecule has 0 fully saturated rings. The molecule has 4 N–H and O–H groups in total. The van der Waals surface area contributed by atoms with Crippen molar-refractivity contribution >= 4 is 17.4 Å². The number of carbonyl (C=O) groups is 2. The first-order valence-electron chi connectivity index (χ1n) is 7.57. The second kappa shape index (κ2) is 7.70. The summed E-state index contributed by atoms with van der Waals surface area (Å²) in [6.45, 7) is 2.00. The molecule has 0 saturated heterocycles. The Morgan fingerprint density at radius 3 is 2.38 bits per heavy atom. The Bertz CT molecular complexity index is 744. The number of halogens is 1. The van der Waals surface area contributed by atoms with Gasteiger partial charge in [0.25, 0.3) is 0 Å². The van der Waals surface area contributed by atoms with Crippen LogP contribution < -0.4 is 11.1 Å². The first kappa shape index (κ1) is 17.6. The average molecular weight is 330 g/mol. The van der Waals surface area contributed by atoms with Crippen LogP contribution in [0, 0.1) is 5.82 Å². The molecule has 2 rings (SSSR count). The Hall–Kier alpha value is -2.73. The summed E-state index contributed by atoms with van der Waals surface area (Å²) in [6, 6.07) is 9.45. The summed E-state index contributed by atoms with van der Waals surface area (Å²) >= 11 is 0. The summed E-state index contributed by atoms with van der Waals surface area (Å²) < 4.78 is 13.0. The van der Waals surface area contributed by atoms with E-state index in [1.807, 2.05) is 0 Å². The molecule has 2 aromatic rings. The van der Waals surface area contributed by atoms with Crippen LogP contribution in [0.5, 0.6) is 0 Å². The van der Waals surface area contributed by atoms with Crippen molar-refractivity contribution in [2.24, 2.45) is 0 Å². The fourth-order valence-corrected chi connectivity index (χ4v) is 2.31. The van der Waals surface area contributed by atoms with E-state index < -0.39 is 17.8 Å². The van der Waals surface area contributed by atoms with Gasteiger partial charge < -0.3 is 16.2 Å². The van der Waals surface area contributed by atoms with Crippen LogP contribution in [0.3, 0.4) is 0 Å². The third-order valence-corrected chi connectivity index (χ3v) is 3.76. The van der Waals surface area contributed by atoms with Gasteiger partial charge in [-0.15, -0.1) is 0 Å². The molecule has 0 radical (unpaired) electrons. The smallest absolute Gasteiger partial charge is 0.320 e. The van der Waals surface area contributed by atoms with Crippen molar-refractivity contribution in [1.82, 2.24) is 5.32 Å². The SMILES string of the molecule is CCC(NCc1cc(C(=O)c2ccc(F)cc2)ccc1N)C(=O)O. The number of hydrogen-bond acceptors (Lipinski definition) is 4. The van der Waals surface area contributed by atoms with E-state index in [1.54, 1.807) is 25.1 Å². The third-order valence-electron chi connectivity index (χ3n) is 3.76. The van der Waals surface area contributed by atoms with E-state index in [0.717, 1.165) is 0 Å². The number of aliphatic carboxylic acids is 1. The van der Waals surface area contributed by atoms with Crippen LogP contribution in [0.2, 0.25) is 0 Å². The van der Waals surface area contributed by atoms with Gasteiger partial charge >= 0.3 is 5.97 Å². The number of carboxylic acid groups (broad SMARTS) is 1. The molecule has 0 aliphatic carbocycles. The van der Waals surface area contributed by atoms with Crippen molar-refractivity contribution in [2.45, 2.75) is 25.9 Å². The van der Waals surface area contributed by atoms with Crippen molar-refractivity contribution in [3.63, 3.8) is 0 Å². The molecule has 5 nitrogen and oxygen atoms in total. The maximum absolute atomic E-state index is 13.0. The molecular weight excluding hydrogens is 311 g/mol. The van der Waals surface area contributed by atoms with Crippen LogP contribution in [0.15, 0.2) is 42.5 Å². The van der Waals surface area contributed by atoms with Crippen LogP contribution >= 0.6 is 0 Å². The van der Waals surface area contributed by atoms with Crippen LogP contribution in [0.1, 0.15) is 34.8 Å². The maximum Gasteiger partial charge on any atom is 0.320 e. The summed E-state index contributed by atoms with van der Waals surface area (Å²) in [5, 5.41) is 12.0. The maximum atomic E-state index is 13.0. The highest BCUT2D eigenvalue weighted by Crippen LogP contribution is 2.18. The standard InChI is InChI=1S/C18H19FN2O3/c1-2-16(18(23)24)21-10-13-9-12(5-8-15(13)20)17(22)11-3-6-14(19)7-4-11/h3-9,16,21H,2,10,20H2,1H3,(H,23,24). The van der Waals surface area contributed by atoms with Gasteiger partial charge in [-0.1, -0.05) is 6.92 Å². The average Bonchev–Trinajstić information content (AvgIpc) is 2.56. The second-order valence-electron chi connectivity index (χ2n) is 5.43. The minimum Gasteiger partial charge on any atom is -0.480 e. The van der Waals surface area contributed by atoms with E-state index in [0.29, 0.717) is 28.8 Å². The van der Waals surface area contributed by atoms with E-state index >= 15 is 0 Å². The molecule has 126 valence electrons. The summed E-state index contributed by atoms with van der Waals surface area (Å²) in [5.41, 5.74) is 7.80. The Morgan fingerprint density at radius 2 is 1.79 bits per heavy atom. The fraction of sp³-hybridized carbons (Fsp3) is 0.222. The van der Waals surface area contributed by atoms with Crippen molar-refractivity contribution in [3.05, 3.63) is 65.0 Å². The number of benzene rings is 2. The van der Waals surface area contributed by atoms with Gasteiger partial charge in [0, 0.05) is 23.4 Å². The van der Waals surface area contributed by atoms with Gasteiger partial charge in [-0.2, -0.15) is 0 Å². The zero-order chi connectivity index (χ0) is 17.7. The summed E-state index contributed by atoms with van der Waals surface area (Å²) in [5.74, 6) is -1.59. The molecule has 6 heteroatoms. The normalized spacial score (nSPS) is 11.9. The molecule has 0 saturated carbocycles. The first-order chi connectivity index (χ1) is 11.4. The first-order valence-corrected chi connectivity index (χ1v) is 7.57. The molecule has 0 aromatic heterocycles. The molecule has 0 aliphatic heterocycles. The minimum atomic E-state index is -0.936. The van der Waals surface area contributed by atoms with Crippen molar-refractivity contribution < 1.29 is 19.1 Å². The zero-order valence-electron chi connectivity index (χ0n) is 13.3. The van der Waals surface area contributed by atoms with E-state index in [-0.39, 0.29) is 12.3 Å². The Kier molecular flexibility index (Phi) is 5.65. The number of rotatable bonds is 7. The number of hydrogen-bond donors (Lipinski definition) is 3. The van der Waals surface area contributed by atoms with Gasteiger partial charge in [0.05, 0.1) is 0 Å². The molecule has 1 unspecified atom stereocenters. The molecular formula is C18H19FN2O3. The van der Waals surface area contributed by atoms with Gasteiger partial charge in [-0.25, -0.2) is 4.39 Å². The Labute approximate surface area is 139 Å². The van der Waals surface area contributed by atoms with Crippen LogP contribution in [-0.4, -0.2) is 22.9 Å².